The van der Waals surface area contributed by atoms with Crippen molar-refractivity contribution in [1.82, 2.24) is 5.32 Å². The van der Waals surface area contributed by atoms with Crippen molar-refractivity contribution in [3.63, 3.8) is 0 Å². The van der Waals surface area contributed by atoms with Crippen LogP contribution < -0.4 is 5.32 Å². The lowest BCUT2D eigenvalue weighted by molar-refractivity contribution is -0.166. The molecule has 2 heterocycles. The van der Waals surface area contributed by atoms with Gasteiger partial charge in [-0.2, -0.15) is 0 Å². The third kappa shape index (κ3) is 4.56. The summed E-state index contributed by atoms with van der Waals surface area (Å²) in [5.41, 5.74) is 1.21. The van der Waals surface area contributed by atoms with E-state index in [1.165, 1.54) is 28.5 Å². The number of thiophene rings is 1. The fraction of sp³-hybridized carbons (Fsp3) is 0.542. The average molecular weight is 430 g/mol. The van der Waals surface area contributed by atoms with Gasteiger partial charge in [0.05, 0.1) is 0 Å². The van der Waals surface area contributed by atoms with E-state index in [2.05, 4.69) is 35.0 Å². The quantitative estimate of drug-likeness (QED) is 0.638. The summed E-state index contributed by atoms with van der Waals surface area (Å²) in [6.07, 6.45) is 7.32. The Bertz CT molecular complexity index is 886. The number of carbonyl (C=O) groups excluding carboxylic acids is 1. The number of aliphatic hydroxyl groups excluding tert-OH is 1. The predicted molar refractivity (Wildman–Crippen MR) is 119 cm³/mol. The first-order valence-electron chi connectivity index (χ1n) is 11.1. The molecule has 1 aromatic heterocycles. The van der Waals surface area contributed by atoms with E-state index >= 15 is 0 Å². The molecule has 162 valence electrons. The normalized spacial score (nSPS) is 24.6. The Labute approximate surface area is 182 Å². The Hall–Kier alpha value is -1.89. The maximum atomic E-state index is 13.0. The summed E-state index contributed by atoms with van der Waals surface area (Å²) in [5.74, 6) is 0.262. The molecule has 0 unspecified atom stereocenters. The van der Waals surface area contributed by atoms with Crippen LogP contribution in [0.4, 0.5) is 0 Å². The maximum Gasteiger partial charge on any atom is 0.286 e. The van der Waals surface area contributed by atoms with Crippen LogP contribution in [-0.2, 0) is 14.3 Å². The molecule has 1 fully saturated rings. The van der Waals surface area contributed by atoms with Crippen LogP contribution in [0.2, 0.25) is 0 Å². The number of rotatable bonds is 8. The van der Waals surface area contributed by atoms with Crippen molar-refractivity contribution in [3.05, 3.63) is 47.0 Å². The van der Waals surface area contributed by atoms with Crippen LogP contribution in [0.3, 0.4) is 0 Å². The monoisotopic (exact) mass is 429 g/mol. The van der Waals surface area contributed by atoms with Crippen molar-refractivity contribution in [2.75, 3.05) is 13.2 Å². The lowest BCUT2D eigenvalue weighted by atomic mass is 9.80. The van der Waals surface area contributed by atoms with E-state index in [1.54, 1.807) is 11.3 Å². The van der Waals surface area contributed by atoms with E-state index in [9.17, 15) is 9.90 Å². The standard InChI is InChI=1S/C24H31NO4S/c1-2-28-24-18(11-7-13-26)19(20-15-30-22-12-6-5-10-17(20)22)14-21(29-24)23(27)25-16-8-3-4-9-16/h5-6,10,12,14-16,18-19,24,26H,2-4,7-9,11,13H2,1H3,(H,25,27)/t18-,19+,24-/m1/s1. The fourth-order valence-corrected chi connectivity index (χ4v) is 5.71. The molecule has 1 aromatic carbocycles. The summed E-state index contributed by atoms with van der Waals surface area (Å²) >= 11 is 1.72. The van der Waals surface area contributed by atoms with Gasteiger partial charge in [0.25, 0.3) is 5.91 Å². The number of carbonyl (C=O) groups is 1. The Balaban J connectivity index is 1.69. The van der Waals surface area contributed by atoms with Crippen molar-refractivity contribution < 1.29 is 19.4 Å². The molecule has 1 aliphatic carbocycles. The minimum Gasteiger partial charge on any atom is -0.459 e. The summed E-state index contributed by atoms with van der Waals surface area (Å²) < 4.78 is 13.3. The Morgan fingerprint density at radius 2 is 2.10 bits per heavy atom. The highest BCUT2D eigenvalue weighted by Gasteiger charge is 2.39. The highest BCUT2D eigenvalue weighted by Crippen LogP contribution is 2.43. The Morgan fingerprint density at radius 3 is 2.87 bits per heavy atom. The third-order valence-electron chi connectivity index (χ3n) is 6.20. The van der Waals surface area contributed by atoms with Gasteiger partial charge in [0.1, 0.15) is 0 Å². The number of hydrogen-bond acceptors (Lipinski definition) is 5. The van der Waals surface area contributed by atoms with Crippen molar-refractivity contribution in [1.29, 1.82) is 0 Å². The molecule has 4 rings (SSSR count). The van der Waals surface area contributed by atoms with Gasteiger partial charge in [0.15, 0.2) is 5.76 Å². The van der Waals surface area contributed by atoms with Crippen LogP contribution in [0.1, 0.15) is 56.9 Å². The van der Waals surface area contributed by atoms with Gasteiger partial charge in [-0.25, -0.2) is 0 Å². The number of benzene rings is 1. The van der Waals surface area contributed by atoms with Crippen molar-refractivity contribution in [2.45, 2.75) is 63.7 Å². The number of aliphatic hydroxyl groups is 1. The maximum absolute atomic E-state index is 13.0. The van der Waals surface area contributed by atoms with Crippen LogP contribution in [0.15, 0.2) is 41.5 Å². The van der Waals surface area contributed by atoms with Gasteiger partial charge in [0, 0.05) is 35.8 Å². The second-order valence-electron chi connectivity index (χ2n) is 8.17. The molecular formula is C24H31NO4S. The molecule has 0 spiro atoms. The second-order valence-corrected chi connectivity index (χ2v) is 9.08. The smallest absolute Gasteiger partial charge is 0.286 e. The predicted octanol–water partition coefficient (Wildman–Crippen LogP) is 4.71. The Kier molecular flexibility index (Phi) is 7.08. The number of allylic oxidation sites excluding steroid dienone is 1. The molecule has 3 atom stereocenters. The largest absolute Gasteiger partial charge is 0.459 e. The van der Waals surface area contributed by atoms with Crippen LogP contribution in [0.25, 0.3) is 10.1 Å². The van der Waals surface area contributed by atoms with Gasteiger partial charge in [-0.3, -0.25) is 4.79 Å². The topological polar surface area (TPSA) is 67.8 Å². The van der Waals surface area contributed by atoms with E-state index < -0.39 is 6.29 Å². The molecule has 30 heavy (non-hydrogen) atoms. The summed E-state index contributed by atoms with van der Waals surface area (Å²) in [6.45, 7) is 2.58. The number of ether oxygens (including phenoxy) is 2. The fourth-order valence-electron chi connectivity index (χ4n) is 4.71. The number of hydrogen-bond donors (Lipinski definition) is 2. The highest BCUT2D eigenvalue weighted by molar-refractivity contribution is 7.17. The first-order valence-corrected chi connectivity index (χ1v) is 12.0. The van der Waals surface area contributed by atoms with E-state index in [1.807, 2.05) is 13.0 Å². The molecule has 0 radical (unpaired) electrons. The molecule has 1 aliphatic heterocycles. The second kappa shape index (κ2) is 9.94. The average Bonchev–Trinajstić information content (AvgIpc) is 3.42. The molecule has 2 N–H and O–H groups in total. The van der Waals surface area contributed by atoms with E-state index in [-0.39, 0.29) is 30.4 Å². The summed E-state index contributed by atoms with van der Waals surface area (Å²) in [4.78, 5) is 13.0. The zero-order valence-electron chi connectivity index (χ0n) is 17.5. The van der Waals surface area contributed by atoms with Crippen LogP contribution in [0, 0.1) is 5.92 Å². The van der Waals surface area contributed by atoms with Crippen LogP contribution in [-0.4, -0.2) is 36.6 Å². The zero-order chi connectivity index (χ0) is 20.9. The Morgan fingerprint density at radius 1 is 1.30 bits per heavy atom. The minimum absolute atomic E-state index is 0.00216. The molecule has 5 nitrogen and oxygen atoms in total. The summed E-state index contributed by atoms with van der Waals surface area (Å²) in [7, 11) is 0. The van der Waals surface area contributed by atoms with Gasteiger partial charge >= 0.3 is 0 Å². The van der Waals surface area contributed by atoms with E-state index in [0.29, 0.717) is 18.8 Å². The van der Waals surface area contributed by atoms with E-state index in [0.717, 1.165) is 19.3 Å². The van der Waals surface area contributed by atoms with Crippen LogP contribution >= 0.6 is 11.3 Å². The molecule has 2 aliphatic rings. The first-order chi connectivity index (χ1) is 14.7. The number of amides is 1. The van der Waals surface area contributed by atoms with E-state index in [4.69, 9.17) is 9.47 Å². The highest BCUT2D eigenvalue weighted by atomic mass is 32.1. The minimum atomic E-state index is -0.500. The number of nitrogens with one attached hydrogen (secondary N) is 1. The van der Waals surface area contributed by atoms with Gasteiger partial charge in [-0.15, -0.1) is 11.3 Å². The van der Waals surface area contributed by atoms with Gasteiger partial charge in [-0.05, 0) is 61.1 Å². The third-order valence-corrected chi connectivity index (χ3v) is 7.18. The first kappa shape index (κ1) is 21.3. The van der Waals surface area contributed by atoms with Crippen molar-refractivity contribution in [3.8, 4) is 0 Å². The zero-order valence-corrected chi connectivity index (χ0v) is 18.3. The summed E-state index contributed by atoms with van der Waals surface area (Å²) in [6, 6.07) is 8.61. The molecular weight excluding hydrogens is 398 g/mol. The molecule has 0 bridgehead atoms. The van der Waals surface area contributed by atoms with Crippen LogP contribution in [0.5, 0.6) is 0 Å². The molecule has 0 saturated heterocycles. The SMILES string of the molecule is CCO[C@@H]1OC(C(=O)NC2CCCC2)=C[C@H](c2csc3ccccc23)[C@H]1CCCO. The summed E-state index contributed by atoms with van der Waals surface area (Å²) in [5, 5.41) is 16.0. The molecule has 2 aromatic rings. The van der Waals surface area contributed by atoms with Gasteiger partial charge < -0.3 is 19.9 Å². The van der Waals surface area contributed by atoms with Crippen molar-refractivity contribution >= 4 is 27.3 Å². The molecule has 1 amide bonds. The van der Waals surface area contributed by atoms with Gasteiger partial charge in [-0.1, -0.05) is 31.0 Å². The van der Waals surface area contributed by atoms with Crippen molar-refractivity contribution in [2.24, 2.45) is 5.92 Å². The lowest BCUT2D eigenvalue weighted by Gasteiger charge is -2.37. The number of fused-ring (bicyclic) bond motifs is 1. The van der Waals surface area contributed by atoms with Gasteiger partial charge in [0.2, 0.25) is 6.29 Å². The lowest BCUT2D eigenvalue weighted by Crippen LogP contribution is -2.41. The molecule has 1 saturated carbocycles. The molecule has 6 heteroatoms.